The Balaban J connectivity index is 1.85. The predicted molar refractivity (Wildman–Crippen MR) is 75.5 cm³/mol. The first-order valence-electron chi connectivity index (χ1n) is 6.44. The van der Waals surface area contributed by atoms with Crippen LogP contribution >= 0.6 is 12.2 Å². The number of nitrogens with two attached hydrogens (primary N) is 1. The van der Waals surface area contributed by atoms with Crippen molar-refractivity contribution in [3.05, 3.63) is 35.1 Å². The van der Waals surface area contributed by atoms with Gasteiger partial charge in [0, 0.05) is 12.2 Å². The lowest BCUT2D eigenvalue weighted by Crippen LogP contribution is -2.24. The van der Waals surface area contributed by atoms with Gasteiger partial charge in [-0.1, -0.05) is 18.3 Å². The zero-order valence-electron chi connectivity index (χ0n) is 10.7. The molecule has 0 amide bonds. The lowest BCUT2D eigenvalue weighted by atomic mass is 10.1. The van der Waals surface area contributed by atoms with Gasteiger partial charge >= 0.3 is 0 Å². The number of benzene rings is 1. The van der Waals surface area contributed by atoms with Gasteiger partial charge in [0.2, 0.25) is 0 Å². The van der Waals surface area contributed by atoms with E-state index in [0.29, 0.717) is 13.2 Å². The molecular weight excluding hydrogens is 265 g/mol. The molecule has 2 rings (SSSR count). The third kappa shape index (κ3) is 4.23. The van der Waals surface area contributed by atoms with Crippen LogP contribution in [0, 0.1) is 5.82 Å². The standard InChI is InChI=1S/C14H18FNO2S/c15-13-5-4-10(7-12(13)14(16)19)8-17-9-11-3-1-2-6-18-11/h4-5,7,11H,1-3,6,8-9H2,(H2,16,19). The fourth-order valence-electron chi connectivity index (χ4n) is 2.10. The summed E-state index contributed by atoms with van der Waals surface area (Å²) < 4.78 is 24.6. The van der Waals surface area contributed by atoms with Gasteiger partial charge in [0.05, 0.1) is 19.3 Å². The van der Waals surface area contributed by atoms with E-state index in [9.17, 15) is 4.39 Å². The SMILES string of the molecule is NC(=S)c1cc(COCC2CCCCO2)ccc1F. The van der Waals surface area contributed by atoms with E-state index in [4.69, 9.17) is 27.4 Å². The van der Waals surface area contributed by atoms with Gasteiger partial charge in [-0.15, -0.1) is 0 Å². The molecule has 5 heteroatoms. The van der Waals surface area contributed by atoms with Gasteiger partial charge in [0.15, 0.2) is 0 Å². The van der Waals surface area contributed by atoms with Crippen LogP contribution in [0.5, 0.6) is 0 Å². The van der Waals surface area contributed by atoms with E-state index in [1.165, 1.54) is 12.5 Å². The van der Waals surface area contributed by atoms with Crippen molar-refractivity contribution < 1.29 is 13.9 Å². The van der Waals surface area contributed by atoms with E-state index in [1.807, 2.05) is 0 Å². The van der Waals surface area contributed by atoms with Gasteiger partial charge in [-0.25, -0.2) is 4.39 Å². The van der Waals surface area contributed by atoms with Gasteiger partial charge in [-0.3, -0.25) is 0 Å². The second kappa shape index (κ2) is 6.93. The van der Waals surface area contributed by atoms with Crippen molar-refractivity contribution in [3.63, 3.8) is 0 Å². The highest BCUT2D eigenvalue weighted by molar-refractivity contribution is 7.80. The monoisotopic (exact) mass is 283 g/mol. The van der Waals surface area contributed by atoms with Crippen LogP contribution in [0.15, 0.2) is 18.2 Å². The molecule has 1 unspecified atom stereocenters. The topological polar surface area (TPSA) is 44.5 Å². The normalized spacial score (nSPS) is 19.3. The molecule has 104 valence electrons. The van der Waals surface area contributed by atoms with Crippen LogP contribution in [0.3, 0.4) is 0 Å². The molecule has 0 aromatic heterocycles. The fourth-order valence-corrected chi connectivity index (χ4v) is 2.25. The summed E-state index contributed by atoms with van der Waals surface area (Å²) in [5, 5.41) is 0. The number of hydrogen-bond acceptors (Lipinski definition) is 3. The number of hydrogen-bond donors (Lipinski definition) is 1. The first kappa shape index (κ1) is 14.4. The molecule has 1 aromatic carbocycles. The number of ether oxygens (including phenoxy) is 2. The quantitative estimate of drug-likeness (QED) is 0.844. The van der Waals surface area contributed by atoms with Crippen LogP contribution in [0.2, 0.25) is 0 Å². The highest BCUT2D eigenvalue weighted by Crippen LogP contribution is 2.15. The van der Waals surface area contributed by atoms with Gasteiger partial charge < -0.3 is 15.2 Å². The maximum absolute atomic E-state index is 13.4. The summed E-state index contributed by atoms with van der Waals surface area (Å²) in [4.78, 5) is 0.0648. The zero-order valence-corrected chi connectivity index (χ0v) is 11.5. The predicted octanol–water partition coefficient (Wildman–Crippen LogP) is 2.55. The van der Waals surface area contributed by atoms with Crippen molar-refractivity contribution >= 4 is 17.2 Å². The van der Waals surface area contributed by atoms with Crippen molar-refractivity contribution in [1.82, 2.24) is 0 Å². The highest BCUT2D eigenvalue weighted by Gasteiger charge is 2.14. The Kier molecular flexibility index (Phi) is 5.24. The average Bonchev–Trinajstić information content (AvgIpc) is 2.41. The maximum atomic E-state index is 13.4. The van der Waals surface area contributed by atoms with Crippen molar-refractivity contribution in [2.45, 2.75) is 32.0 Å². The van der Waals surface area contributed by atoms with E-state index in [0.717, 1.165) is 25.0 Å². The summed E-state index contributed by atoms with van der Waals surface area (Å²) in [5.74, 6) is -0.396. The molecule has 0 spiro atoms. The summed E-state index contributed by atoms with van der Waals surface area (Å²) in [6, 6.07) is 4.68. The molecule has 0 saturated carbocycles. The molecule has 1 aliphatic rings. The van der Waals surface area contributed by atoms with E-state index in [2.05, 4.69) is 0 Å². The molecular formula is C14H18FNO2S. The van der Waals surface area contributed by atoms with Gasteiger partial charge in [-0.05, 0) is 37.0 Å². The number of thiocarbonyl (C=S) groups is 1. The molecule has 0 bridgehead atoms. The van der Waals surface area contributed by atoms with Gasteiger partial charge in [-0.2, -0.15) is 0 Å². The molecule has 1 aromatic rings. The lowest BCUT2D eigenvalue weighted by Gasteiger charge is -2.22. The molecule has 1 heterocycles. The van der Waals surface area contributed by atoms with Crippen molar-refractivity contribution in [2.75, 3.05) is 13.2 Å². The molecule has 1 aliphatic heterocycles. The summed E-state index contributed by atoms with van der Waals surface area (Å²) in [5.41, 5.74) is 6.59. The Labute approximate surface area is 117 Å². The second-order valence-corrected chi connectivity index (χ2v) is 5.12. The minimum absolute atomic E-state index is 0.0648. The van der Waals surface area contributed by atoms with Crippen molar-refractivity contribution in [2.24, 2.45) is 5.73 Å². The minimum Gasteiger partial charge on any atom is -0.389 e. The van der Waals surface area contributed by atoms with E-state index < -0.39 is 5.82 Å². The van der Waals surface area contributed by atoms with Crippen LogP contribution in [0.1, 0.15) is 30.4 Å². The molecule has 1 fully saturated rings. The van der Waals surface area contributed by atoms with Crippen LogP contribution in [0.25, 0.3) is 0 Å². The highest BCUT2D eigenvalue weighted by atomic mass is 32.1. The number of rotatable bonds is 5. The lowest BCUT2D eigenvalue weighted by molar-refractivity contribution is -0.0447. The third-order valence-electron chi connectivity index (χ3n) is 3.14. The average molecular weight is 283 g/mol. The summed E-state index contributed by atoms with van der Waals surface area (Å²) in [6.45, 7) is 1.80. The Morgan fingerprint density at radius 1 is 1.47 bits per heavy atom. The summed E-state index contributed by atoms with van der Waals surface area (Å²) in [7, 11) is 0. The second-order valence-electron chi connectivity index (χ2n) is 4.68. The van der Waals surface area contributed by atoms with Crippen LogP contribution in [-0.2, 0) is 16.1 Å². The molecule has 2 N–H and O–H groups in total. The minimum atomic E-state index is -0.396. The Hall–Kier alpha value is -1.04. The fraction of sp³-hybridized carbons (Fsp3) is 0.500. The Morgan fingerprint density at radius 2 is 2.32 bits per heavy atom. The van der Waals surface area contributed by atoms with Crippen LogP contribution in [0.4, 0.5) is 4.39 Å². The van der Waals surface area contributed by atoms with Crippen LogP contribution in [-0.4, -0.2) is 24.3 Å². The van der Waals surface area contributed by atoms with Crippen molar-refractivity contribution in [3.8, 4) is 0 Å². The zero-order chi connectivity index (χ0) is 13.7. The molecule has 0 radical (unpaired) electrons. The maximum Gasteiger partial charge on any atom is 0.133 e. The number of halogens is 1. The molecule has 1 atom stereocenters. The van der Waals surface area contributed by atoms with E-state index >= 15 is 0 Å². The van der Waals surface area contributed by atoms with Gasteiger partial charge in [0.1, 0.15) is 10.8 Å². The van der Waals surface area contributed by atoms with E-state index in [-0.39, 0.29) is 16.7 Å². The smallest absolute Gasteiger partial charge is 0.133 e. The summed E-state index contributed by atoms with van der Waals surface area (Å²) >= 11 is 4.80. The molecule has 3 nitrogen and oxygen atoms in total. The molecule has 1 saturated heterocycles. The largest absolute Gasteiger partial charge is 0.389 e. The Morgan fingerprint density at radius 3 is 3.00 bits per heavy atom. The van der Waals surface area contributed by atoms with Crippen LogP contribution < -0.4 is 5.73 Å². The third-order valence-corrected chi connectivity index (χ3v) is 3.36. The molecule has 19 heavy (non-hydrogen) atoms. The Bertz CT molecular complexity index is 447. The summed E-state index contributed by atoms with van der Waals surface area (Å²) in [6.07, 6.45) is 3.55. The van der Waals surface area contributed by atoms with E-state index in [1.54, 1.807) is 12.1 Å². The molecule has 0 aliphatic carbocycles. The first-order valence-corrected chi connectivity index (χ1v) is 6.85. The first-order chi connectivity index (χ1) is 9.16. The van der Waals surface area contributed by atoms with Crippen molar-refractivity contribution in [1.29, 1.82) is 0 Å². The van der Waals surface area contributed by atoms with Gasteiger partial charge in [0.25, 0.3) is 0 Å².